The van der Waals surface area contributed by atoms with Gasteiger partial charge in [0.1, 0.15) is 5.75 Å². The summed E-state index contributed by atoms with van der Waals surface area (Å²) in [6.45, 7) is 0.591. The Morgan fingerprint density at radius 1 is 1.17 bits per heavy atom. The molecule has 4 rings (SSSR count). The molecule has 10 heteroatoms. The van der Waals surface area contributed by atoms with Crippen molar-refractivity contribution >= 4 is 33.2 Å². The van der Waals surface area contributed by atoms with Crippen LogP contribution < -0.4 is 15.6 Å². The van der Waals surface area contributed by atoms with Gasteiger partial charge in [0, 0.05) is 68.2 Å². The normalized spacial score (nSPS) is 11.0. The van der Waals surface area contributed by atoms with Crippen molar-refractivity contribution in [2.24, 2.45) is 14.1 Å². The zero-order valence-electron chi connectivity index (χ0n) is 20.1. The van der Waals surface area contributed by atoms with Gasteiger partial charge in [0.2, 0.25) is 11.5 Å². The van der Waals surface area contributed by atoms with E-state index in [9.17, 15) is 14.4 Å². The van der Waals surface area contributed by atoms with Crippen LogP contribution in [0.25, 0.3) is 21.2 Å². The maximum absolute atomic E-state index is 13.7. The van der Waals surface area contributed by atoms with Crippen LogP contribution in [-0.2, 0) is 25.4 Å². The Morgan fingerprint density at radius 3 is 2.63 bits per heavy atom. The van der Waals surface area contributed by atoms with Crippen LogP contribution in [0.3, 0.4) is 0 Å². The number of hydrogen-bond donors (Lipinski definition) is 1. The van der Waals surface area contributed by atoms with Crippen LogP contribution in [-0.4, -0.2) is 51.8 Å². The number of aryl methyl sites for hydroxylation is 2. The molecule has 1 aromatic carbocycles. The van der Waals surface area contributed by atoms with Crippen molar-refractivity contribution in [3.05, 3.63) is 69.7 Å². The van der Waals surface area contributed by atoms with Crippen LogP contribution in [0.15, 0.2) is 53.6 Å². The van der Waals surface area contributed by atoms with Crippen molar-refractivity contribution in [2.45, 2.75) is 13.0 Å². The van der Waals surface area contributed by atoms with Gasteiger partial charge in [0.15, 0.2) is 0 Å². The maximum atomic E-state index is 13.7. The van der Waals surface area contributed by atoms with Crippen molar-refractivity contribution in [2.75, 3.05) is 20.7 Å². The number of thiophene rings is 1. The third-order valence-electron chi connectivity index (χ3n) is 5.92. The van der Waals surface area contributed by atoms with Gasteiger partial charge in [-0.1, -0.05) is 0 Å². The molecule has 0 saturated heterocycles. The summed E-state index contributed by atoms with van der Waals surface area (Å²) < 4.78 is 9.70. The van der Waals surface area contributed by atoms with Crippen molar-refractivity contribution < 1.29 is 14.3 Å². The molecule has 0 saturated carbocycles. The molecule has 0 radical (unpaired) electrons. The summed E-state index contributed by atoms with van der Waals surface area (Å²) >= 11 is 1.37. The Morgan fingerprint density at radius 2 is 1.97 bits per heavy atom. The number of nitrogens with one attached hydrogen (secondary N) is 1. The molecule has 0 aliphatic rings. The number of carbonyl (C=O) groups excluding carboxylic acids is 2. The van der Waals surface area contributed by atoms with Crippen molar-refractivity contribution in [1.29, 1.82) is 0 Å². The quantitative estimate of drug-likeness (QED) is 0.407. The minimum Gasteiger partial charge on any atom is -0.496 e. The first-order valence-electron chi connectivity index (χ1n) is 11.1. The predicted octanol–water partition coefficient (Wildman–Crippen LogP) is 2.79. The molecule has 3 aromatic heterocycles. The van der Waals surface area contributed by atoms with E-state index in [0.717, 1.165) is 26.9 Å². The largest absolute Gasteiger partial charge is 0.496 e. The lowest BCUT2D eigenvalue weighted by molar-refractivity contribution is -0.120. The summed E-state index contributed by atoms with van der Waals surface area (Å²) in [5, 5.41) is 7.62. The van der Waals surface area contributed by atoms with Gasteiger partial charge in [-0.25, -0.2) is 0 Å². The fourth-order valence-corrected chi connectivity index (χ4v) is 5.06. The molecule has 182 valence electrons. The van der Waals surface area contributed by atoms with Gasteiger partial charge in [0.25, 0.3) is 5.91 Å². The van der Waals surface area contributed by atoms with E-state index in [4.69, 9.17) is 4.74 Å². The topological polar surface area (TPSA) is 98.5 Å². The highest BCUT2D eigenvalue weighted by molar-refractivity contribution is 7.21. The average Bonchev–Trinajstić information content (AvgIpc) is 3.48. The number of fused-ring (bicyclic) bond motifs is 1. The lowest BCUT2D eigenvalue weighted by Gasteiger charge is -2.22. The number of aromatic nitrogens is 3. The number of carbonyl (C=O) groups is 2. The summed E-state index contributed by atoms with van der Waals surface area (Å²) in [4.78, 5) is 39.7. The van der Waals surface area contributed by atoms with E-state index >= 15 is 0 Å². The molecule has 0 unspecified atom stereocenters. The molecule has 0 spiro atoms. The van der Waals surface area contributed by atoms with Crippen molar-refractivity contribution in [3.63, 3.8) is 0 Å². The van der Waals surface area contributed by atoms with Gasteiger partial charge in [-0.05, 0) is 35.9 Å². The van der Waals surface area contributed by atoms with Crippen LogP contribution in [0.5, 0.6) is 5.75 Å². The Labute approximate surface area is 206 Å². The second-order valence-electron chi connectivity index (χ2n) is 8.13. The number of benzene rings is 1. The first kappa shape index (κ1) is 24.2. The zero-order valence-corrected chi connectivity index (χ0v) is 20.9. The van der Waals surface area contributed by atoms with Gasteiger partial charge in [-0.2, -0.15) is 5.10 Å². The van der Waals surface area contributed by atoms with Crippen LogP contribution in [0, 0.1) is 0 Å². The smallest absolute Gasteiger partial charge is 0.264 e. The number of ether oxygens (including phenoxy) is 1. The van der Waals surface area contributed by atoms with Crippen LogP contribution in [0.2, 0.25) is 0 Å². The molecule has 0 aliphatic carbocycles. The van der Waals surface area contributed by atoms with Crippen molar-refractivity contribution in [1.82, 2.24) is 24.6 Å². The number of methoxy groups -OCH3 is 1. The van der Waals surface area contributed by atoms with Crippen LogP contribution >= 0.6 is 11.3 Å². The molecule has 0 fully saturated rings. The average molecular weight is 494 g/mol. The minimum atomic E-state index is -0.176. The van der Waals surface area contributed by atoms with E-state index in [1.807, 2.05) is 31.3 Å². The van der Waals surface area contributed by atoms with Gasteiger partial charge < -0.3 is 19.5 Å². The van der Waals surface area contributed by atoms with E-state index < -0.39 is 0 Å². The lowest BCUT2D eigenvalue weighted by atomic mass is 10.1. The number of amides is 2. The van der Waals surface area contributed by atoms with Crippen molar-refractivity contribution in [3.8, 4) is 16.9 Å². The van der Waals surface area contributed by atoms with E-state index in [2.05, 4.69) is 10.4 Å². The standard InChI is InChI=1S/C25H27N5O4S/c1-26-22(31)10-12-30(15-17-9-11-27-29(17)3)25(33)21-13-19-20(34-4)7-6-18(24(19)35-21)16-5-8-23(32)28(2)14-16/h5-9,11,13-14H,10,12,15H2,1-4H3,(H,26,31). The fourth-order valence-electron chi connectivity index (χ4n) is 3.88. The highest BCUT2D eigenvalue weighted by Crippen LogP contribution is 2.40. The molecular weight excluding hydrogens is 466 g/mol. The fraction of sp³-hybridized carbons (Fsp3) is 0.280. The molecule has 0 atom stereocenters. The van der Waals surface area contributed by atoms with E-state index in [-0.39, 0.29) is 30.3 Å². The first-order valence-corrected chi connectivity index (χ1v) is 11.9. The first-order chi connectivity index (χ1) is 16.8. The van der Waals surface area contributed by atoms with E-state index in [0.29, 0.717) is 17.2 Å². The molecule has 0 aliphatic heterocycles. The van der Waals surface area contributed by atoms with Crippen LogP contribution in [0.1, 0.15) is 21.8 Å². The second-order valence-corrected chi connectivity index (χ2v) is 9.18. The number of rotatable bonds is 8. The molecule has 2 amide bonds. The monoisotopic (exact) mass is 493 g/mol. The lowest BCUT2D eigenvalue weighted by Crippen LogP contribution is -2.34. The molecule has 1 N–H and O–H groups in total. The summed E-state index contributed by atoms with van der Waals surface area (Å²) in [5.74, 6) is 0.347. The number of pyridine rings is 1. The SMILES string of the molecule is CNC(=O)CCN(Cc1ccnn1C)C(=O)c1cc2c(OC)ccc(-c3ccc(=O)n(C)c3)c2s1. The Bertz CT molecular complexity index is 1450. The van der Waals surface area contributed by atoms with E-state index in [1.165, 1.54) is 22.0 Å². The van der Waals surface area contributed by atoms with Gasteiger partial charge >= 0.3 is 0 Å². The maximum Gasteiger partial charge on any atom is 0.264 e. The summed E-state index contributed by atoms with van der Waals surface area (Å²) in [6, 6.07) is 10.8. The Kier molecular flexibility index (Phi) is 7.02. The Hall–Kier alpha value is -3.92. The summed E-state index contributed by atoms with van der Waals surface area (Å²) in [5.41, 5.74) is 2.54. The van der Waals surface area contributed by atoms with Gasteiger partial charge in [-0.3, -0.25) is 19.1 Å². The van der Waals surface area contributed by atoms with Gasteiger partial charge in [-0.15, -0.1) is 11.3 Å². The molecular formula is C25H27N5O4S. The predicted molar refractivity (Wildman–Crippen MR) is 136 cm³/mol. The zero-order chi connectivity index (χ0) is 25.1. The third-order valence-corrected chi connectivity index (χ3v) is 7.08. The second kappa shape index (κ2) is 10.1. The van der Waals surface area contributed by atoms with Crippen LogP contribution in [0.4, 0.5) is 0 Å². The Balaban J connectivity index is 1.76. The molecule has 35 heavy (non-hydrogen) atoms. The highest BCUT2D eigenvalue weighted by Gasteiger charge is 2.23. The number of hydrogen-bond acceptors (Lipinski definition) is 6. The molecule has 4 aromatic rings. The molecule has 0 bridgehead atoms. The molecule has 3 heterocycles. The highest BCUT2D eigenvalue weighted by atomic mass is 32.1. The molecule has 9 nitrogen and oxygen atoms in total. The summed E-state index contributed by atoms with van der Waals surface area (Å²) in [7, 11) is 6.70. The number of nitrogens with zero attached hydrogens (tertiary/aromatic N) is 4. The minimum absolute atomic E-state index is 0.0949. The van der Waals surface area contributed by atoms with E-state index in [1.54, 1.807) is 49.2 Å². The third kappa shape index (κ3) is 4.97. The summed E-state index contributed by atoms with van der Waals surface area (Å²) in [6.07, 6.45) is 3.65. The van der Waals surface area contributed by atoms with Gasteiger partial charge in [0.05, 0.1) is 24.2 Å².